The number of nitrogens with one attached hydrogen (secondary N) is 1. The largest absolute Gasteiger partial charge is 0.488 e. The number of ether oxygens (including phenoxy) is 1. The quantitative estimate of drug-likeness (QED) is 0.749. The Morgan fingerprint density at radius 2 is 1.89 bits per heavy atom. The van der Waals surface area contributed by atoms with E-state index in [0.717, 1.165) is 16.7 Å². The van der Waals surface area contributed by atoms with Gasteiger partial charge in [0.15, 0.2) is 0 Å². The van der Waals surface area contributed by atoms with E-state index in [2.05, 4.69) is 10.3 Å². The summed E-state index contributed by atoms with van der Waals surface area (Å²) >= 11 is 0. The average Bonchev–Trinajstić information content (AvgIpc) is 2.71. The van der Waals surface area contributed by atoms with E-state index < -0.39 is 17.9 Å². The third-order valence-electron chi connectivity index (χ3n) is 4.51. The standard InChI is InChI=1S/C21H17N3O3/c22-20(25)19(13-4-2-1-3-5-13)24-21(26)14-6-7-17-16-8-9-23-11-15(16)12-27-18(17)10-14/h1-11,19H,12H2,(H2,22,25)(H,24,26). The van der Waals surface area contributed by atoms with E-state index in [1.807, 2.05) is 18.2 Å². The van der Waals surface area contributed by atoms with E-state index in [1.165, 1.54) is 0 Å². The molecule has 2 heterocycles. The number of rotatable bonds is 4. The van der Waals surface area contributed by atoms with Gasteiger partial charge in [0.2, 0.25) is 5.91 Å². The smallest absolute Gasteiger partial charge is 0.252 e. The van der Waals surface area contributed by atoms with E-state index in [1.54, 1.807) is 48.8 Å². The number of primary amides is 1. The predicted octanol–water partition coefficient (Wildman–Crippen LogP) is 2.60. The van der Waals surface area contributed by atoms with Crippen molar-refractivity contribution < 1.29 is 14.3 Å². The summed E-state index contributed by atoms with van der Waals surface area (Å²) in [6.45, 7) is 0.398. The Kier molecular flexibility index (Phi) is 4.30. The minimum atomic E-state index is -0.901. The molecule has 134 valence electrons. The molecule has 0 aliphatic carbocycles. The SMILES string of the molecule is NC(=O)C(NC(=O)c1ccc2c(c1)OCc1cnccc1-2)c1ccccc1. The maximum Gasteiger partial charge on any atom is 0.252 e. The van der Waals surface area contributed by atoms with Gasteiger partial charge in [-0.1, -0.05) is 30.3 Å². The summed E-state index contributed by atoms with van der Waals surface area (Å²) in [6.07, 6.45) is 3.50. The molecule has 1 aromatic heterocycles. The Hall–Kier alpha value is -3.67. The molecule has 6 nitrogen and oxygen atoms in total. The lowest BCUT2D eigenvalue weighted by Gasteiger charge is -2.21. The first-order chi connectivity index (χ1) is 13.1. The second-order valence-electron chi connectivity index (χ2n) is 6.25. The molecular formula is C21H17N3O3. The number of nitrogens with two attached hydrogens (primary N) is 1. The number of aromatic nitrogens is 1. The van der Waals surface area contributed by atoms with Gasteiger partial charge in [0.1, 0.15) is 18.4 Å². The number of benzene rings is 2. The van der Waals surface area contributed by atoms with E-state index in [0.29, 0.717) is 23.5 Å². The Bertz CT molecular complexity index is 1020. The lowest BCUT2D eigenvalue weighted by Crippen LogP contribution is -2.37. The summed E-state index contributed by atoms with van der Waals surface area (Å²) in [5, 5.41) is 2.70. The minimum absolute atomic E-state index is 0.394. The van der Waals surface area contributed by atoms with E-state index >= 15 is 0 Å². The molecule has 0 fully saturated rings. The van der Waals surface area contributed by atoms with Crippen LogP contribution in [0.2, 0.25) is 0 Å². The molecule has 2 amide bonds. The highest BCUT2D eigenvalue weighted by atomic mass is 16.5. The fourth-order valence-electron chi connectivity index (χ4n) is 3.14. The van der Waals surface area contributed by atoms with Crippen LogP contribution in [-0.2, 0) is 11.4 Å². The van der Waals surface area contributed by atoms with Crippen LogP contribution < -0.4 is 15.8 Å². The molecule has 1 unspecified atom stereocenters. The second-order valence-corrected chi connectivity index (χ2v) is 6.25. The average molecular weight is 359 g/mol. The maximum absolute atomic E-state index is 12.7. The van der Waals surface area contributed by atoms with E-state index in [-0.39, 0.29) is 0 Å². The zero-order valence-corrected chi connectivity index (χ0v) is 14.4. The Morgan fingerprint density at radius 1 is 1.07 bits per heavy atom. The molecule has 1 aliphatic heterocycles. The van der Waals surface area contributed by atoms with Gasteiger partial charge in [-0.15, -0.1) is 0 Å². The van der Waals surface area contributed by atoms with Crippen LogP contribution >= 0.6 is 0 Å². The van der Waals surface area contributed by atoms with Gasteiger partial charge in [-0.2, -0.15) is 0 Å². The van der Waals surface area contributed by atoms with Crippen molar-refractivity contribution in [2.75, 3.05) is 0 Å². The van der Waals surface area contributed by atoms with Crippen LogP contribution in [0.4, 0.5) is 0 Å². The normalized spacial score (nSPS) is 12.9. The molecule has 0 spiro atoms. The van der Waals surface area contributed by atoms with Crippen LogP contribution in [0.25, 0.3) is 11.1 Å². The summed E-state index contributed by atoms with van der Waals surface area (Å²) in [5.41, 5.74) is 9.45. The number of carbonyl (C=O) groups is 2. The van der Waals surface area contributed by atoms with Crippen LogP contribution in [0.3, 0.4) is 0 Å². The molecule has 27 heavy (non-hydrogen) atoms. The topological polar surface area (TPSA) is 94.3 Å². The summed E-state index contributed by atoms with van der Waals surface area (Å²) in [5.74, 6) is -0.392. The number of carbonyl (C=O) groups excluding carboxylic acids is 2. The van der Waals surface area contributed by atoms with Gasteiger partial charge in [0.25, 0.3) is 5.91 Å². The minimum Gasteiger partial charge on any atom is -0.488 e. The molecule has 0 bridgehead atoms. The first-order valence-corrected chi connectivity index (χ1v) is 8.49. The maximum atomic E-state index is 12.7. The van der Waals surface area contributed by atoms with Crippen molar-refractivity contribution in [3.8, 4) is 16.9 Å². The highest BCUT2D eigenvalue weighted by Crippen LogP contribution is 2.37. The first kappa shape index (κ1) is 16.8. The van der Waals surface area contributed by atoms with Gasteiger partial charge >= 0.3 is 0 Å². The van der Waals surface area contributed by atoms with Crippen LogP contribution in [-0.4, -0.2) is 16.8 Å². The fourth-order valence-corrected chi connectivity index (χ4v) is 3.14. The summed E-state index contributed by atoms with van der Waals surface area (Å²) in [6, 6.07) is 15.1. The fraction of sp³-hybridized carbons (Fsp3) is 0.0952. The Labute approximate surface area is 156 Å². The highest BCUT2D eigenvalue weighted by Gasteiger charge is 2.23. The van der Waals surface area contributed by atoms with Gasteiger partial charge in [-0.25, -0.2) is 0 Å². The summed E-state index contributed by atoms with van der Waals surface area (Å²) < 4.78 is 5.77. The van der Waals surface area contributed by atoms with E-state index in [4.69, 9.17) is 10.5 Å². The van der Waals surface area contributed by atoms with Crippen molar-refractivity contribution >= 4 is 11.8 Å². The lowest BCUT2D eigenvalue weighted by molar-refractivity contribution is -0.120. The Morgan fingerprint density at radius 3 is 2.67 bits per heavy atom. The third kappa shape index (κ3) is 3.25. The molecule has 0 radical (unpaired) electrons. The van der Waals surface area contributed by atoms with Crippen molar-refractivity contribution in [1.82, 2.24) is 10.3 Å². The number of fused-ring (bicyclic) bond motifs is 3. The highest BCUT2D eigenvalue weighted by molar-refractivity contribution is 5.98. The van der Waals surface area contributed by atoms with Gasteiger partial charge in [0.05, 0.1) is 0 Å². The second kappa shape index (κ2) is 6.92. The third-order valence-corrected chi connectivity index (χ3v) is 4.51. The van der Waals surface area contributed by atoms with Crippen molar-refractivity contribution in [2.24, 2.45) is 5.73 Å². The number of nitrogens with zero attached hydrogens (tertiary/aromatic N) is 1. The molecule has 6 heteroatoms. The number of amides is 2. The summed E-state index contributed by atoms with van der Waals surface area (Å²) in [4.78, 5) is 28.6. The van der Waals surface area contributed by atoms with Crippen molar-refractivity contribution in [3.63, 3.8) is 0 Å². The van der Waals surface area contributed by atoms with E-state index in [9.17, 15) is 9.59 Å². The van der Waals surface area contributed by atoms with Crippen molar-refractivity contribution in [3.05, 3.63) is 83.7 Å². The number of hydrogen-bond acceptors (Lipinski definition) is 4. The van der Waals surface area contributed by atoms with Crippen LogP contribution in [0.15, 0.2) is 67.0 Å². The molecular weight excluding hydrogens is 342 g/mol. The van der Waals surface area contributed by atoms with Gasteiger partial charge in [-0.3, -0.25) is 14.6 Å². The molecule has 0 saturated carbocycles. The molecule has 0 saturated heterocycles. The van der Waals surface area contributed by atoms with Crippen LogP contribution in [0, 0.1) is 0 Å². The Balaban J connectivity index is 1.61. The van der Waals surface area contributed by atoms with Crippen LogP contribution in [0.1, 0.15) is 27.5 Å². The molecule has 1 aliphatic rings. The molecule has 3 aromatic rings. The molecule has 2 aromatic carbocycles. The zero-order valence-electron chi connectivity index (χ0n) is 14.4. The first-order valence-electron chi connectivity index (χ1n) is 8.49. The monoisotopic (exact) mass is 359 g/mol. The van der Waals surface area contributed by atoms with Gasteiger partial charge < -0.3 is 15.8 Å². The van der Waals surface area contributed by atoms with Gasteiger partial charge in [-0.05, 0) is 35.4 Å². The van der Waals surface area contributed by atoms with Crippen LogP contribution in [0.5, 0.6) is 5.75 Å². The number of pyridine rings is 1. The zero-order chi connectivity index (χ0) is 18.8. The summed E-state index contributed by atoms with van der Waals surface area (Å²) in [7, 11) is 0. The van der Waals surface area contributed by atoms with Gasteiger partial charge in [0, 0.05) is 29.1 Å². The molecule has 4 rings (SSSR count). The molecule has 3 N–H and O–H groups in total. The molecule has 1 atom stereocenters. The lowest BCUT2D eigenvalue weighted by atomic mass is 9.97. The predicted molar refractivity (Wildman–Crippen MR) is 99.8 cm³/mol. The number of hydrogen-bond donors (Lipinski definition) is 2. The van der Waals surface area contributed by atoms with Crippen molar-refractivity contribution in [1.29, 1.82) is 0 Å². The van der Waals surface area contributed by atoms with Crippen molar-refractivity contribution in [2.45, 2.75) is 12.6 Å².